The van der Waals surface area contributed by atoms with Gasteiger partial charge in [-0.25, -0.2) is 21.6 Å². The standard InChI is InChI=1S/C26H22ClF3N4O3S/c1-12-10-31-24(14-6-5-7-19(21(14)29)38(4,36)37)22(30)25(12)34-13(2)8-16(20(27)26(34)35)15-9-17(15)23-18(28)11-33(3)32-23/h5-8,10-11,15,17H,9H2,1-4H3/t15-,17+/m1/s1/i3D3. The molecule has 1 saturated carbocycles. The Morgan fingerprint density at radius 3 is 2.55 bits per heavy atom. The fourth-order valence-electron chi connectivity index (χ4n) is 4.75. The van der Waals surface area contributed by atoms with E-state index in [1.807, 2.05) is 0 Å². The number of halogens is 4. The molecule has 5 rings (SSSR count). The molecule has 0 saturated heterocycles. The first kappa shape index (κ1) is 22.5. The fraction of sp³-hybridized carbons (Fsp3) is 0.269. The molecular formula is C26H22ClF3N4O3S. The van der Waals surface area contributed by atoms with E-state index < -0.39 is 67.8 Å². The van der Waals surface area contributed by atoms with Gasteiger partial charge in [0.1, 0.15) is 21.3 Å². The van der Waals surface area contributed by atoms with Crippen molar-refractivity contribution in [1.29, 1.82) is 0 Å². The molecular weight excluding hydrogens is 541 g/mol. The SMILES string of the molecule is [2H]C([2H])([2H])n1cc(F)c([C@H]2C[C@@H]2c2cc(C)n(-c3c(C)cnc(-c4cccc(S(C)(=O)=O)c4F)c3F)c(=O)c2Cl)n1. The zero-order valence-electron chi connectivity index (χ0n) is 23.3. The lowest BCUT2D eigenvalue weighted by Crippen LogP contribution is -2.24. The maximum Gasteiger partial charge on any atom is 0.274 e. The first-order valence-corrected chi connectivity index (χ1v) is 13.6. The van der Waals surface area contributed by atoms with Crippen LogP contribution in [-0.4, -0.2) is 34.0 Å². The molecule has 0 aliphatic heterocycles. The van der Waals surface area contributed by atoms with Crippen LogP contribution in [0.1, 0.15) is 44.9 Å². The van der Waals surface area contributed by atoms with Gasteiger partial charge in [0.2, 0.25) is 0 Å². The van der Waals surface area contributed by atoms with Gasteiger partial charge in [0.05, 0.1) is 11.9 Å². The van der Waals surface area contributed by atoms with E-state index in [2.05, 4.69) is 10.1 Å². The van der Waals surface area contributed by atoms with Gasteiger partial charge in [-0.2, -0.15) is 5.10 Å². The van der Waals surface area contributed by atoms with E-state index in [4.69, 9.17) is 15.7 Å². The van der Waals surface area contributed by atoms with E-state index in [1.54, 1.807) is 6.07 Å². The van der Waals surface area contributed by atoms with E-state index in [0.717, 1.165) is 23.1 Å². The van der Waals surface area contributed by atoms with Crippen LogP contribution >= 0.6 is 11.6 Å². The first-order chi connectivity index (χ1) is 19.0. The molecule has 3 aromatic heterocycles. The van der Waals surface area contributed by atoms with Crippen LogP contribution in [0.3, 0.4) is 0 Å². The Morgan fingerprint density at radius 1 is 1.16 bits per heavy atom. The second-order valence-electron chi connectivity index (χ2n) is 9.29. The van der Waals surface area contributed by atoms with Gasteiger partial charge < -0.3 is 0 Å². The van der Waals surface area contributed by atoms with Crippen LogP contribution in [0.5, 0.6) is 0 Å². The monoisotopic (exact) mass is 565 g/mol. The zero-order valence-corrected chi connectivity index (χ0v) is 21.8. The van der Waals surface area contributed by atoms with Crippen molar-refractivity contribution in [3.05, 3.63) is 92.0 Å². The van der Waals surface area contributed by atoms with Crippen molar-refractivity contribution < 1.29 is 25.7 Å². The number of hydrogen-bond donors (Lipinski definition) is 0. The number of rotatable bonds is 5. The van der Waals surface area contributed by atoms with Crippen LogP contribution in [0.2, 0.25) is 5.02 Å². The lowest BCUT2D eigenvalue weighted by Gasteiger charge is -2.18. The minimum Gasteiger partial charge on any atom is -0.277 e. The van der Waals surface area contributed by atoms with Gasteiger partial charge in [-0.15, -0.1) is 0 Å². The van der Waals surface area contributed by atoms with Crippen molar-refractivity contribution >= 4 is 21.4 Å². The third kappa shape index (κ3) is 4.23. The molecule has 7 nitrogen and oxygen atoms in total. The highest BCUT2D eigenvalue weighted by molar-refractivity contribution is 7.90. The van der Waals surface area contributed by atoms with Crippen molar-refractivity contribution in [1.82, 2.24) is 19.3 Å². The van der Waals surface area contributed by atoms with Crippen molar-refractivity contribution in [2.75, 3.05) is 6.26 Å². The Balaban J connectivity index is 1.59. The van der Waals surface area contributed by atoms with Crippen LogP contribution in [0, 0.1) is 31.3 Å². The largest absolute Gasteiger partial charge is 0.277 e. The lowest BCUT2D eigenvalue weighted by atomic mass is 10.1. The second-order valence-corrected chi connectivity index (χ2v) is 11.7. The van der Waals surface area contributed by atoms with Gasteiger partial charge in [0.25, 0.3) is 5.56 Å². The lowest BCUT2D eigenvalue weighted by molar-refractivity contribution is 0.569. The molecule has 0 spiro atoms. The molecule has 38 heavy (non-hydrogen) atoms. The van der Waals surface area contributed by atoms with Crippen molar-refractivity contribution in [3.8, 4) is 16.9 Å². The van der Waals surface area contributed by atoms with Gasteiger partial charge in [-0.1, -0.05) is 17.7 Å². The average Bonchev–Trinajstić information content (AvgIpc) is 3.55. The summed E-state index contributed by atoms with van der Waals surface area (Å²) in [6.45, 7) is 0.373. The van der Waals surface area contributed by atoms with Crippen molar-refractivity contribution in [3.63, 3.8) is 0 Å². The Morgan fingerprint density at radius 2 is 1.89 bits per heavy atom. The smallest absolute Gasteiger partial charge is 0.274 e. The van der Waals surface area contributed by atoms with Gasteiger partial charge in [0.15, 0.2) is 27.3 Å². The van der Waals surface area contributed by atoms with Crippen molar-refractivity contribution in [2.45, 2.75) is 37.0 Å². The molecule has 0 bridgehead atoms. The van der Waals surface area contributed by atoms with Crippen LogP contribution in [0.15, 0.2) is 46.3 Å². The molecule has 0 radical (unpaired) electrons. The molecule has 2 atom stereocenters. The van der Waals surface area contributed by atoms with E-state index in [-0.39, 0.29) is 27.7 Å². The van der Waals surface area contributed by atoms with E-state index in [0.29, 0.717) is 16.7 Å². The third-order valence-electron chi connectivity index (χ3n) is 6.62. The number of sulfone groups is 1. The fourth-order valence-corrected chi connectivity index (χ4v) is 5.79. The summed E-state index contributed by atoms with van der Waals surface area (Å²) < 4.78 is 93.6. The molecule has 3 heterocycles. The summed E-state index contributed by atoms with van der Waals surface area (Å²) in [6, 6.07) is 5.05. The highest BCUT2D eigenvalue weighted by Gasteiger charge is 2.44. The summed E-state index contributed by atoms with van der Waals surface area (Å²) in [4.78, 5) is 16.9. The summed E-state index contributed by atoms with van der Waals surface area (Å²) in [5.41, 5.74) is -1.13. The number of pyridine rings is 2. The summed E-state index contributed by atoms with van der Waals surface area (Å²) in [7, 11) is -3.96. The normalized spacial score (nSPS) is 18.7. The number of aryl methyl sites for hydroxylation is 3. The van der Waals surface area contributed by atoms with E-state index in [9.17, 15) is 17.6 Å². The van der Waals surface area contributed by atoms with Crippen LogP contribution in [0.4, 0.5) is 13.2 Å². The Bertz CT molecular complexity index is 1910. The molecule has 0 amide bonds. The molecule has 1 fully saturated rings. The van der Waals surface area contributed by atoms with Crippen molar-refractivity contribution in [2.24, 2.45) is 6.98 Å². The van der Waals surface area contributed by atoms with Gasteiger partial charge in [-0.05, 0) is 55.5 Å². The third-order valence-corrected chi connectivity index (χ3v) is 8.11. The molecule has 1 aromatic carbocycles. The minimum atomic E-state index is -3.96. The Hall–Kier alpha value is -3.44. The zero-order chi connectivity index (χ0) is 30.2. The maximum absolute atomic E-state index is 16.0. The van der Waals surface area contributed by atoms with Crippen LogP contribution in [0.25, 0.3) is 16.9 Å². The quantitative estimate of drug-likeness (QED) is 0.340. The predicted molar refractivity (Wildman–Crippen MR) is 136 cm³/mol. The summed E-state index contributed by atoms with van der Waals surface area (Å²) in [5.74, 6) is -3.97. The number of hydrogen-bond acceptors (Lipinski definition) is 5. The van der Waals surface area contributed by atoms with E-state index >= 15 is 8.78 Å². The second kappa shape index (κ2) is 9.09. The molecule has 0 unspecified atom stereocenters. The molecule has 1 aliphatic carbocycles. The van der Waals surface area contributed by atoms with Gasteiger partial charge in [0, 0.05) is 40.7 Å². The summed E-state index contributed by atoms with van der Waals surface area (Å²) >= 11 is 6.48. The average molecular weight is 566 g/mol. The number of benzene rings is 1. The highest BCUT2D eigenvalue weighted by Crippen LogP contribution is 2.56. The topological polar surface area (TPSA) is 86.9 Å². The number of nitrogens with zero attached hydrogens (tertiary/aromatic N) is 4. The van der Waals surface area contributed by atoms with Crippen LogP contribution < -0.4 is 5.56 Å². The predicted octanol–water partition coefficient (Wildman–Crippen LogP) is 5.00. The Labute approximate surface area is 225 Å². The molecule has 198 valence electrons. The van der Waals surface area contributed by atoms with Gasteiger partial charge in [-0.3, -0.25) is 19.0 Å². The molecule has 12 heteroatoms. The highest BCUT2D eigenvalue weighted by atomic mass is 35.5. The van der Waals surface area contributed by atoms with Crippen LogP contribution in [-0.2, 0) is 16.8 Å². The van der Waals surface area contributed by atoms with E-state index in [1.165, 1.54) is 32.2 Å². The van der Waals surface area contributed by atoms with Gasteiger partial charge >= 0.3 is 0 Å². The summed E-state index contributed by atoms with van der Waals surface area (Å²) in [5, 5.41) is 3.63. The molecule has 4 aromatic rings. The molecule has 0 N–H and O–H groups in total. The summed E-state index contributed by atoms with van der Waals surface area (Å²) in [6.07, 6.45) is 3.21. The Kier molecular flexibility index (Phi) is 5.39. The number of aromatic nitrogens is 4. The minimum absolute atomic E-state index is 0.0527. The first-order valence-electron chi connectivity index (χ1n) is 12.8. The maximum atomic E-state index is 16.0. The molecule has 1 aliphatic rings.